The third-order valence-electron chi connectivity index (χ3n) is 5.03. The molecule has 0 aliphatic carbocycles. The molecule has 1 aromatic heterocycles. The van der Waals surface area contributed by atoms with Gasteiger partial charge in [0.15, 0.2) is 0 Å². The van der Waals surface area contributed by atoms with E-state index >= 15 is 0 Å². The monoisotopic (exact) mass is 462 g/mol. The van der Waals surface area contributed by atoms with Crippen molar-refractivity contribution in [3.8, 4) is 0 Å². The molecule has 0 saturated carbocycles. The molecule has 1 aromatic carbocycles. The number of rotatable bonds is 7. The molecule has 3 rings (SSSR count). The Kier molecular flexibility index (Phi) is 7.33. The molecule has 1 aliphatic heterocycles. The summed E-state index contributed by atoms with van der Waals surface area (Å²) in [5.74, 6) is 0.0744. The summed E-state index contributed by atoms with van der Waals surface area (Å²) in [7, 11) is 0. The third-order valence-corrected chi connectivity index (χ3v) is 8.47. The van der Waals surface area contributed by atoms with Gasteiger partial charge < -0.3 is 0 Å². The van der Waals surface area contributed by atoms with Gasteiger partial charge in [0.05, 0.1) is 0 Å². The average Bonchev–Trinajstić information content (AvgIpc) is 2.89. The minimum absolute atomic E-state index is 0.172. The van der Waals surface area contributed by atoms with Crippen molar-refractivity contribution in [1.82, 2.24) is 14.9 Å². The molecule has 1 unspecified atom stereocenters. The predicted octanol–water partition coefficient (Wildman–Crippen LogP) is 2.16. The molecule has 1 aliphatic rings. The number of hydrogen-bond donors (Lipinski definition) is 2. The number of amides is 1. The zero-order chi connectivity index (χ0) is 20.1. The van der Waals surface area contributed by atoms with E-state index in [0.717, 1.165) is 42.6 Å². The van der Waals surface area contributed by atoms with Crippen molar-refractivity contribution in [2.24, 2.45) is 11.7 Å². The summed E-state index contributed by atoms with van der Waals surface area (Å²) in [6, 6.07) is 6.49. The molecule has 0 spiro atoms. The van der Waals surface area contributed by atoms with Gasteiger partial charge in [0.1, 0.15) is 0 Å². The Morgan fingerprint density at radius 1 is 1.36 bits per heavy atom. The van der Waals surface area contributed by atoms with E-state index in [1.165, 1.54) is 11.1 Å². The van der Waals surface area contributed by atoms with E-state index in [-0.39, 0.29) is 27.6 Å². The number of primary amides is 1. The Labute approximate surface area is 177 Å². The first-order chi connectivity index (χ1) is 13.5. The summed E-state index contributed by atoms with van der Waals surface area (Å²) in [6.45, 7) is 7.35. The molecule has 1 amide bonds. The van der Waals surface area contributed by atoms with Crippen LogP contribution in [-0.2, 0) is 17.6 Å². The maximum atomic E-state index is 11.3. The molecule has 3 N–H and O–H groups in total. The van der Waals surface area contributed by atoms with Crippen LogP contribution in [0.4, 0.5) is 11.6 Å². The third kappa shape index (κ3) is 5.46. The van der Waals surface area contributed by atoms with Crippen LogP contribution in [0.5, 0.6) is 0 Å². The van der Waals surface area contributed by atoms with E-state index in [4.69, 9.17) is 17.3 Å². The van der Waals surface area contributed by atoms with Crippen LogP contribution in [0.3, 0.4) is 0 Å². The molecule has 2 aromatic rings. The van der Waals surface area contributed by atoms with E-state index in [0.29, 0.717) is 16.2 Å². The quantitative estimate of drug-likeness (QED) is 0.616. The molecular formula is C20H26AsClN5O. The number of benzene rings is 1. The van der Waals surface area contributed by atoms with Crippen molar-refractivity contribution in [2.75, 3.05) is 25.0 Å². The Morgan fingerprint density at radius 2 is 2.11 bits per heavy atom. The van der Waals surface area contributed by atoms with Crippen LogP contribution < -0.4 is 15.5 Å². The first-order valence-corrected chi connectivity index (χ1v) is 12.2. The molecule has 2 heterocycles. The van der Waals surface area contributed by atoms with Crippen LogP contribution in [0.25, 0.3) is 0 Å². The van der Waals surface area contributed by atoms with Crippen LogP contribution in [0.1, 0.15) is 25.0 Å². The normalized spacial score (nSPS) is 16.0. The number of nitrogens with one attached hydrogen (secondary N) is 1. The van der Waals surface area contributed by atoms with Crippen molar-refractivity contribution in [3.05, 3.63) is 40.5 Å². The van der Waals surface area contributed by atoms with Gasteiger partial charge in [-0.1, -0.05) is 0 Å². The van der Waals surface area contributed by atoms with Gasteiger partial charge in [-0.05, 0) is 0 Å². The van der Waals surface area contributed by atoms with E-state index in [2.05, 4.69) is 45.3 Å². The molecule has 149 valence electrons. The molecule has 1 radical (unpaired) electrons. The van der Waals surface area contributed by atoms with Crippen LogP contribution in [0.2, 0.25) is 10.2 Å². The second kappa shape index (κ2) is 9.73. The minimum atomic E-state index is -0.349. The summed E-state index contributed by atoms with van der Waals surface area (Å²) < 4.78 is 0.817. The number of nitrogens with zero attached hydrogens (tertiary/aromatic N) is 3. The standard InChI is InChI=1S/C20H26AsClN5O/c1-3-27-8-6-14-4-5-16(10-15(14)7-9-27)25-20-24-12-17(22)18(26-20)21-11-13(2)19(23)28/h4-5,10,12-13H,3,6-9,11H2,1-2H3,(H2,23,28)(H,24,25,26). The summed E-state index contributed by atoms with van der Waals surface area (Å²) >= 11 is 5.90. The Morgan fingerprint density at radius 3 is 2.82 bits per heavy atom. The van der Waals surface area contributed by atoms with Gasteiger partial charge in [-0.15, -0.1) is 0 Å². The topological polar surface area (TPSA) is 84.1 Å². The van der Waals surface area contributed by atoms with Crippen LogP contribution in [-0.4, -0.2) is 56.2 Å². The molecule has 8 heteroatoms. The summed E-state index contributed by atoms with van der Waals surface area (Å²) in [5, 5.41) is 4.55. The maximum absolute atomic E-state index is 11.3. The number of carbonyl (C=O) groups excluding carboxylic acids is 1. The number of aromatic nitrogens is 2. The van der Waals surface area contributed by atoms with Gasteiger partial charge in [0.2, 0.25) is 0 Å². The van der Waals surface area contributed by atoms with Gasteiger partial charge in [-0.25, -0.2) is 0 Å². The number of hydrogen-bond acceptors (Lipinski definition) is 5. The van der Waals surface area contributed by atoms with Crippen molar-refractivity contribution < 1.29 is 4.79 Å². The zero-order valence-electron chi connectivity index (χ0n) is 16.3. The number of likely N-dealkylation sites (N-methyl/N-ethyl adjacent to an activating group) is 1. The zero-order valence-corrected chi connectivity index (χ0v) is 18.9. The molecule has 0 saturated heterocycles. The summed E-state index contributed by atoms with van der Waals surface area (Å²) in [6.07, 6.45) is 3.77. The fourth-order valence-electron chi connectivity index (χ4n) is 3.14. The number of halogens is 1. The molecular weight excluding hydrogens is 437 g/mol. The fraction of sp³-hybridized carbons (Fsp3) is 0.450. The first-order valence-electron chi connectivity index (χ1n) is 9.56. The van der Waals surface area contributed by atoms with Crippen LogP contribution >= 0.6 is 11.6 Å². The summed E-state index contributed by atoms with van der Waals surface area (Å²) in [4.78, 5) is 22.6. The van der Waals surface area contributed by atoms with Crippen LogP contribution in [0, 0.1) is 5.92 Å². The molecule has 0 bridgehead atoms. The van der Waals surface area contributed by atoms with E-state index in [1.54, 1.807) is 6.20 Å². The molecule has 1 atom stereocenters. The number of anilines is 2. The predicted molar refractivity (Wildman–Crippen MR) is 115 cm³/mol. The second-order valence-electron chi connectivity index (χ2n) is 7.05. The van der Waals surface area contributed by atoms with Crippen molar-refractivity contribution in [3.63, 3.8) is 0 Å². The second-order valence-corrected chi connectivity index (χ2v) is 9.78. The van der Waals surface area contributed by atoms with Crippen molar-refractivity contribution in [1.29, 1.82) is 0 Å². The van der Waals surface area contributed by atoms with Gasteiger partial charge in [0.25, 0.3) is 0 Å². The Hall–Kier alpha value is -1.62. The Bertz CT molecular complexity index is 847. The van der Waals surface area contributed by atoms with Crippen LogP contribution in [0.15, 0.2) is 24.4 Å². The van der Waals surface area contributed by atoms with Crippen molar-refractivity contribution in [2.45, 2.75) is 31.9 Å². The SMILES string of the molecule is CCN1CCc2ccc(Nc3ncc(Cl)c([As]CC(C)C(N)=O)n3)cc2CC1. The van der Waals surface area contributed by atoms with E-state index in [1.807, 2.05) is 6.92 Å². The number of carbonyl (C=O) groups is 1. The molecule has 6 nitrogen and oxygen atoms in total. The van der Waals surface area contributed by atoms with E-state index in [9.17, 15) is 4.79 Å². The fourth-order valence-corrected chi connectivity index (χ4v) is 5.64. The summed E-state index contributed by atoms with van der Waals surface area (Å²) in [5.41, 5.74) is 9.14. The average molecular weight is 463 g/mol. The van der Waals surface area contributed by atoms with Crippen molar-refractivity contribution >= 4 is 49.4 Å². The van der Waals surface area contributed by atoms with E-state index < -0.39 is 0 Å². The van der Waals surface area contributed by atoms with Gasteiger partial charge in [-0.2, -0.15) is 0 Å². The number of nitrogens with two attached hydrogens (primary N) is 1. The number of fused-ring (bicyclic) bond motifs is 1. The van der Waals surface area contributed by atoms with Gasteiger partial charge >= 0.3 is 178 Å². The van der Waals surface area contributed by atoms with Gasteiger partial charge in [0, 0.05) is 0 Å². The molecule has 0 fully saturated rings. The Balaban J connectivity index is 1.71. The molecule has 28 heavy (non-hydrogen) atoms. The van der Waals surface area contributed by atoms with Gasteiger partial charge in [-0.3, -0.25) is 0 Å². The first kappa shape index (κ1) is 21.1.